The number of aryl methyl sites for hydroxylation is 1. The lowest BCUT2D eigenvalue weighted by molar-refractivity contribution is 0.555. The van der Waals surface area contributed by atoms with Crippen LogP contribution >= 0.6 is 11.6 Å². The van der Waals surface area contributed by atoms with Gasteiger partial charge in [-0.2, -0.15) is 0 Å². The van der Waals surface area contributed by atoms with E-state index in [4.69, 9.17) is 16.0 Å². The van der Waals surface area contributed by atoms with Crippen LogP contribution in [0, 0.1) is 6.92 Å². The molecule has 2 heterocycles. The van der Waals surface area contributed by atoms with E-state index >= 15 is 0 Å². The fraction of sp³-hybridized carbons (Fsp3) is 0.0833. The van der Waals surface area contributed by atoms with E-state index in [0.29, 0.717) is 16.8 Å². The van der Waals surface area contributed by atoms with Gasteiger partial charge >= 0.3 is 5.76 Å². The number of nitrogens with one attached hydrogen (secondary N) is 1. The average molecular weight is 262 g/mol. The summed E-state index contributed by atoms with van der Waals surface area (Å²) in [6, 6.07) is 7.15. The molecule has 5 nitrogen and oxygen atoms in total. The molecule has 1 N–H and O–H groups in total. The minimum atomic E-state index is -0.473. The summed E-state index contributed by atoms with van der Waals surface area (Å²) in [7, 11) is 0. The quantitative estimate of drug-likeness (QED) is 0.683. The molecule has 0 aliphatic heterocycles. The molecule has 0 fully saturated rings. The van der Waals surface area contributed by atoms with Crippen LogP contribution in [0.15, 0.2) is 33.5 Å². The summed E-state index contributed by atoms with van der Waals surface area (Å²) in [5.74, 6) is -0.473. The van der Waals surface area contributed by atoms with Gasteiger partial charge in [-0.05, 0) is 42.8 Å². The van der Waals surface area contributed by atoms with E-state index in [-0.39, 0.29) is 5.28 Å². The molecule has 0 saturated carbocycles. The molecular weight excluding hydrogens is 254 g/mol. The van der Waals surface area contributed by atoms with Gasteiger partial charge in [0, 0.05) is 11.3 Å². The molecule has 0 amide bonds. The lowest BCUT2D eigenvalue weighted by atomic mass is 10.1. The van der Waals surface area contributed by atoms with E-state index in [1.165, 1.54) is 0 Å². The Bertz CT molecular complexity index is 771. The molecule has 1 aromatic carbocycles. The maximum absolute atomic E-state index is 11.1. The van der Waals surface area contributed by atoms with Crippen molar-refractivity contribution in [3.63, 3.8) is 0 Å². The van der Waals surface area contributed by atoms with E-state index in [1.807, 2.05) is 19.1 Å². The molecule has 3 aromatic rings. The van der Waals surface area contributed by atoms with Crippen molar-refractivity contribution in [2.45, 2.75) is 6.92 Å². The molecule has 0 saturated heterocycles. The Morgan fingerprint density at radius 1 is 1.28 bits per heavy atom. The van der Waals surface area contributed by atoms with E-state index in [2.05, 4.69) is 15.0 Å². The van der Waals surface area contributed by atoms with Gasteiger partial charge in [-0.1, -0.05) is 0 Å². The minimum absolute atomic E-state index is 0.200. The van der Waals surface area contributed by atoms with Crippen LogP contribution in [-0.4, -0.2) is 15.0 Å². The van der Waals surface area contributed by atoms with E-state index in [0.717, 1.165) is 11.3 Å². The lowest BCUT2D eigenvalue weighted by Gasteiger charge is -2.02. The second-order valence-electron chi connectivity index (χ2n) is 3.89. The second-order valence-corrected chi connectivity index (χ2v) is 4.23. The Kier molecular flexibility index (Phi) is 2.41. The van der Waals surface area contributed by atoms with Crippen molar-refractivity contribution in [3.8, 4) is 11.3 Å². The number of aromatic nitrogens is 3. The van der Waals surface area contributed by atoms with Crippen molar-refractivity contribution in [1.82, 2.24) is 15.0 Å². The van der Waals surface area contributed by atoms with Crippen molar-refractivity contribution in [2.24, 2.45) is 0 Å². The number of oxazole rings is 1. The molecule has 0 unspecified atom stereocenters. The van der Waals surface area contributed by atoms with Crippen LogP contribution in [0.4, 0.5) is 0 Å². The largest absolute Gasteiger partial charge is 0.417 e. The topological polar surface area (TPSA) is 71.8 Å². The van der Waals surface area contributed by atoms with E-state index in [9.17, 15) is 4.79 Å². The maximum Gasteiger partial charge on any atom is 0.417 e. The number of nitrogens with zero attached hydrogens (tertiary/aromatic N) is 2. The first-order valence-electron chi connectivity index (χ1n) is 5.26. The third kappa shape index (κ3) is 1.89. The minimum Gasteiger partial charge on any atom is -0.408 e. The SMILES string of the molecule is Cc1cc(-c2ccc3oc(=O)[nH]c3c2)nc(Cl)n1. The van der Waals surface area contributed by atoms with Gasteiger partial charge in [0.1, 0.15) is 0 Å². The van der Waals surface area contributed by atoms with Gasteiger partial charge in [0.25, 0.3) is 0 Å². The molecule has 0 spiro atoms. The van der Waals surface area contributed by atoms with Gasteiger partial charge in [-0.15, -0.1) is 0 Å². The Morgan fingerprint density at radius 3 is 2.89 bits per heavy atom. The van der Waals surface area contributed by atoms with Crippen LogP contribution in [0.1, 0.15) is 5.69 Å². The molecule has 0 aliphatic carbocycles. The molecule has 3 rings (SSSR count). The molecular formula is C12H8ClN3O2. The molecule has 0 bridgehead atoms. The fourth-order valence-electron chi connectivity index (χ4n) is 1.79. The number of benzene rings is 1. The molecule has 0 atom stereocenters. The highest BCUT2D eigenvalue weighted by molar-refractivity contribution is 6.28. The van der Waals surface area contributed by atoms with E-state index in [1.54, 1.807) is 12.1 Å². The standard InChI is InChI=1S/C12H8ClN3O2/c1-6-4-8(15-11(13)14-6)7-2-3-10-9(5-7)16-12(17)18-10/h2-5H,1H3,(H,16,17). The van der Waals surface area contributed by atoms with Gasteiger partial charge in [-0.3, -0.25) is 4.98 Å². The highest BCUT2D eigenvalue weighted by atomic mass is 35.5. The summed E-state index contributed by atoms with van der Waals surface area (Å²) in [6.45, 7) is 1.84. The van der Waals surface area contributed by atoms with E-state index < -0.39 is 5.76 Å². The van der Waals surface area contributed by atoms with Gasteiger partial charge in [0.2, 0.25) is 5.28 Å². The van der Waals surface area contributed by atoms with Gasteiger partial charge in [-0.25, -0.2) is 14.8 Å². The molecule has 90 valence electrons. The van der Waals surface area contributed by atoms with Gasteiger partial charge in [0.15, 0.2) is 5.58 Å². The summed E-state index contributed by atoms with van der Waals surface area (Å²) in [5.41, 5.74) is 3.47. The van der Waals surface area contributed by atoms with Crippen LogP contribution in [0.25, 0.3) is 22.4 Å². The summed E-state index contributed by atoms with van der Waals surface area (Å²) >= 11 is 5.82. The summed E-state index contributed by atoms with van der Waals surface area (Å²) in [6.07, 6.45) is 0. The average Bonchev–Trinajstić information content (AvgIpc) is 2.66. The zero-order valence-electron chi connectivity index (χ0n) is 9.40. The Balaban J connectivity index is 2.21. The van der Waals surface area contributed by atoms with Gasteiger partial charge < -0.3 is 4.42 Å². The van der Waals surface area contributed by atoms with Crippen molar-refractivity contribution in [1.29, 1.82) is 0 Å². The number of aromatic amines is 1. The van der Waals surface area contributed by atoms with Crippen LogP contribution in [0.2, 0.25) is 5.28 Å². The van der Waals surface area contributed by atoms with Crippen LogP contribution in [-0.2, 0) is 0 Å². The fourth-order valence-corrected chi connectivity index (χ4v) is 2.02. The Labute approximate surface area is 106 Å². The number of H-pyrrole nitrogens is 1. The molecule has 6 heteroatoms. The Morgan fingerprint density at radius 2 is 2.11 bits per heavy atom. The predicted molar refractivity (Wildman–Crippen MR) is 67.6 cm³/mol. The first kappa shape index (κ1) is 11.0. The first-order valence-corrected chi connectivity index (χ1v) is 5.64. The highest BCUT2D eigenvalue weighted by Gasteiger charge is 2.06. The predicted octanol–water partition coefficient (Wildman–Crippen LogP) is 2.54. The van der Waals surface area contributed by atoms with Crippen molar-refractivity contribution in [3.05, 3.63) is 45.8 Å². The van der Waals surface area contributed by atoms with Crippen molar-refractivity contribution < 1.29 is 4.42 Å². The highest BCUT2D eigenvalue weighted by Crippen LogP contribution is 2.22. The number of halogens is 1. The van der Waals surface area contributed by atoms with Crippen LogP contribution in [0.3, 0.4) is 0 Å². The van der Waals surface area contributed by atoms with Crippen molar-refractivity contribution >= 4 is 22.7 Å². The first-order chi connectivity index (χ1) is 8.61. The van der Waals surface area contributed by atoms with Gasteiger partial charge in [0.05, 0.1) is 11.2 Å². The van der Waals surface area contributed by atoms with Crippen LogP contribution < -0.4 is 5.76 Å². The third-order valence-electron chi connectivity index (χ3n) is 2.54. The number of hydrogen-bond acceptors (Lipinski definition) is 4. The summed E-state index contributed by atoms with van der Waals surface area (Å²) < 4.78 is 4.94. The zero-order valence-corrected chi connectivity index (χ0v) is 10.2. The molecule has 2 aromatic heterocycles. The smallest absolute Gasteiger partial charge is 0.408 e. The lowest BCUT2D eigenvalue weighted by Crippen LogP contribution is -1.93. The maximum atomic E-state index is 11.1. The molecule has 0 aliphatic rings. The summed E-state index contributed by atoms with van der Waals surface area (Å²) in [4.78, 5) is 21.8. The molecule has 0 radical (unpaired) electrons. The summed E-state index contributed by atoms with van der Waals surface area (Å²) in [5, 5.41) is 0.200. The third-order valence-corrected chi connectivity index (χ3v) is 2.71. The zero-order chi connectivity index (χ0) is 12.7. The second kappa shape index (κ2) is 3.96. The van der Waals surface area contributed by atoms with Crippen LogP contribution in [0.5, 0.6) is 0 Å². The number of hydrogen-bond donors (Lipinski definition) is 1. The Hall–Kier alpha value is -2.14. The normalized spacial score (nSPS) is 11.0. The molecule has 18 heavy (non-hydrogen) atoms. The monoisotopic (exact) mass is 261 g/mol. The number of fused-ring (bicyclic) bond motifs is 1. The van der Waals surface area contributed by atoms with Crippen molar-refractivity contribution in [2.75, 3.05) is 0 Å². The number of rotatable bonds is 1.